The zero-order valence-corrected chi connectivity index (χ0v) is 11.5. The van der Waals surface area contributed by atoms with Gasteiger partial charge in [-0.3, -0.25) is 0 Å². The monoisotopic (exact) mass is 385 g/mol. The van der Waals surface area contributed by atoms with Crippen molar-refractivity contribution in [3.63, 3.8) is 0 Å². The first kappa shape index (κ1) is 13.7. The molecule has 1 unspecified atom stereocenters. The number of carbonyl (C=O) groups excluding carboxylic acids is 1. The molecule has 0 aromatic rings. The fourth-order valence-electron chi connectivity index (χ4n) is 0.619. The van der Waals surface area contributed by atoms with Crippen molar-refractivity contribution < 1.29 is 58.6 Å². The molecule has 1 aliphatic heterocycles. The van der Waals surface area contributed by atoms with Gasteiger partial charge in [0.15, 0.2) is 0 Å². The van der Waals surface area contributed by atoms with Crippen LogP contribution in [0.2, 0.25) is 0 Å². The Morgan fingerprint density at radius 3 is 2.70 bits per heavy atom. The molecule has 0 bridgehead atoms. The molecule has 0 spiro atoms. The number of hydrogen-bond donors (Lipinski definition) is 1. The summed E-state index contributed by atoms with van der Waals surface area (Å²) in [5.41, 5.74) is 0. The molecule has 1 N–H and O–H groups in total. The van der Waals surface area contributed by atoms with E-state index in [1.807, 2.05) is 6.92 Å². The Kier molecular flexibility index (Phi) is 9.27. The Labute approximate surface area is 100 Å². The van der Waals surface area contributed by atoms with Gasteiger partial charge < -0.3 is 22.0 Å². The van der Waals surface area contributed by atoms with Crippen molar-refractivity contribution >= 4 is 5.91 Å². The van der Waals surface area contributed by atoms with Crippen LogP contribution in [0.15, 0.2) is 0 Å². The van der Waals surface area contributed by atoms with Crippen LogP contribution in [-0.2, 0) is 58.6 Å². The molecule has 1 heterocycles. The third kappa shape index (κ3) is 4.84. The minimum Gasteiger partial charge on any atom is -0.810 e. The molecule has 1 amide bonds. The molecule has 1 aliphatic rings. The largest absolute Gasteiger partial charge is 0.810 e. The first-order valence-corrected chi connectivity index (χ1v) is 2.59. The van der Waals surface area contributed by atoms with Crippen LogP contribution in [0.5, 0.6) is 0 Å². The Hall–Kier alpha value is 1.09. The average Bonchev–Trinajstić information content (AvgIpc) is 1.64. The topological polar surface area (TPSA) is 43.2 Å². The molecule has 0 saturated carbocycles. The van der Waals surface area contributed by atoms with Crippen molar-refractivity contribution in [3.05, 3.63) is 11.9 Å². The fourth-order valence-corrected chi connectivity index (χ4v) is 0.619. The summed E-state index contributed by atoms with van der Waals surface area (Å²) >= 11 is 0. The van der Waals surface area contributed by atoms with Crippen molar-refractivity contribution in [1.82, 2.24) is 5.32 Å². The molecular formula is C5H8N2OWY-2. The van der Waals surface area contributed by atoms with Crippen molar-refractivity contribution in [1.29, 1.82) is 0 Å². The molecule has 0 aliphatic carbocycles. The second-order valence-electron chi connectivity index (χ2n) is 1.90. The molecule has 10 heavy (non-hydrogen) atoms. The Bertz CT molecular complexity index is 112. The third-order valence-electron chi connectivity index (χ3n) is 0.976. The van der Waals surface area contributed by atoms with Gasteiger partial charge in [-0.05, 0) is 6.92 Å². The maximum atomic E-state index is 10.4. The van der Waals surface area contributed by atoms with Gasteiger partial charge in [0.2, 0.25) is 0 Å². The zero-order valence-electron chi connectivity index (χ0n) is 5.70. The standard InChI is InChI=1S/C5H8N2O.W.Y/c1-4-2-6-3-5(8)7-4;;/h3-4H,2H2,1H3,(H,7,8);;/q-2;;. The van der Waals surface area contributed by atoms with Crippen molar-refractivity contribution in [2.75, 3.05) is 6.54 Å². The quantitative estimate of drug-likeness (QED) is 0.589. The van der Waals surface area contributed by atoms with E-state index in [2.05, 4.69) is 10.6 Å². The van der Waals surface area contributed by atoms with E-state index < -0.39 is 0 Å². The first-order valence-electron chi connectivity index (χ1n) is 2.59. The van der Waals surface area contributed by atoms with Gasteiger partial charge in [0.05, 0.1) is 5.91 Å². The number of nitrogens with one attached hydrogen (secondary N) is 1. The number of nitrogens with zero attached hydrogens (tertiary/aromatic N) is 1. The Balaban J connectivity index is 0. The number of rotatable bonds is 0. The Morgan fingerprint density at radius 1 is 1.80 bits per heavy atom. The van der Waals surface area contributed by atoms with E-state index in [1.165, 1.54) is 6.54 Å². The molecule has 55 valence electrons. The van der Waals surface area contributed by atoms with E-state index in [0.29, 0.717) is 6.54 Å². The SMILES string of the molecule is CC1C[N-][CH-]C(=O)N1.[W].[Y]. The molecule has 3 nitrogen and oxygen atoms in total. The molecule has 1 rings (SSSR count). The van der Waals surface area contributed by atoms with E-state index >= 15 is 0 Å². The van der Waals surface area contributed by atoms with E-state index in [0.717, 1.165) is 0 Å². The van der Waals surface area contributed by atoms with Crippen LogP contribution in [-0.4, -0.2) is 18.5 Å². The van der Waals surface area contributed by atoms with Gasteiger partial charge in [0.25, 0.3) is 0 Å². The minimum atomic E-state index is -0.0799. The van der Waals surface area contributed by atoms with Crippen LogP contribution in [0.1, 0.15) is 6.92 Å². The predicted molar refractivity (Wildman–Crippen MR) is 30.1 cm³/mol. The third-order valence-corrected chi connectivity index (χ3v) is 0.976. The van der Waals surface area contributed by atoms with Gasteiger partial charge in [-0.25, -0.2) is 0 Å². The van der Waals surface area contributed by atoms with Crippen molar-refractivity contribution in [2.24, 2.45) is 0 Å². The van der Waals surface area contributed by atoms with Gasteiger partial charge >= 0.3 is 0 Å². The maximum absolute atomic E-state index is 10.4. The second-order valence-corrected chi connectivity index (χ2v) is 1.90. The van der Waals surface area contributed by atoms with Gasteiger partial charge in [-0.1, -0.05) is 0 Å². The average molecular weight is 385 g/mol. The van der Waals surface area contributed by atoms with Gasteiger partial charge in [0.1, 0.15) is 0 Å². The fraction of sp³-hybridized carbons (Fsp3) is 0.600. The normalized spacial score (nSPS) is 22.9. The number of hydrogen-bond acceptors (Lipinski definition) is 1. The molecule has 1 atom stereocenters. The van der Waals surface area contributed by atoms with Crippen LogP contribution in [0.3, 0.4) is 0 Å². The summed E-state index contributed by atoms with van der Waals surface area (Å²) in [5.74, 6) is -0.0799. The summed E-state index contributed by atoms with van der Waals surface area (Å²) < 4.78 is 0. The molecule has 0 aromatic heterocycles. The molecular weight excluding hydrogens is 377 g/mol. The van der Waals surface area contributed by atoms with Crippen LogP contribution in [0, 0.1) is 6.54 Å². The summed E-state index contributed by atoms with van der Waals surface area (Å²) in [7, 11) is 0. The first-order chi connectivity index (χ1) is 3.79. The van der Waals surface area contributed by atoms with Crippen LogP contribution in [0.25, 0.3) is 5.32 Å². The molecule has 1 saturated heterocycles. The van der Waals surface area contributed by atoms with Crippen LogP contribution >= 0.6 is 0 Å². The van der Waals surface area contributed by atoms with Gasteiger partial charge in [0, 0.05) is 59.8 Å². The number of carbonyl (C=O) groups is 1. The molecule has 1 fully saturated rings. The predicted octanol–water partition coefficient (Wildman–Crippen LogP) is 0.0352. The van der Waals surface area contributed by atoms with E-state index in [-0.39, 0.29) is 65.7 Å². The number of amides is 1. The van der Waals surface area contributed by atoms with E-state index in [9.17, 15) is 4.79 Å². The molecule has 5 heteroatoms. The van der Waals surface area contributed by atoms with Crippen LogP contribution < -0.4 is 5.32 Å². The van der Waals surface area contributed by atoms with Crippen LogP contribution in [0.4, 0.5) is 0 Å². The minimum absolute atomic E-state index is 0. The summed E-state index contributed by atoms with van der Waals surface area (Å²) in [4.78, 5) is 10.4. The number of piperazine rings is 1. The maximum Gasteiger partial charge on any atom is 0.0589 e. The van der Waals surface area contributed by atoms with E-state index in [1.54, 1.807) is 0 Å². The Morgan fingerprint density at radius 2 is 2.40 bits per heavy atom. The van der Waals surface area contributed by atoms with Crippen molar-refractivity contribution in [3.8, 4) is 0 Å². The second kappa shape index (κ2) is 6.78. The summed E-state index contributed by atoms with van der Waals surface area (Å²) in [6.45, 7) is 3.96. The van der Waals surface area contributed by atoms with Gasteiger partial charge in [-0.2, -0.15) is 0 Å². The van der Waals surface area contributed by atoms with E-state index in [4.69, 9.17) is 0 Å². The van der Waals surface area contributed by atoms with Gasteiger partial charge in [-0.15, -0.1) is 6.54 Å². The molecule has 1 radical (unpaired) electrons. The molecule has 0 aromatic carbocycles. The zero-order chi connectivity index (χ0) is 5.98. The summed E-state index contributed by atoms with van der Waals surface area (Å²) in [6.07, 6.45) is 0. The summed E-state index contributed by atoms with van der Waals surface area (Å²) in [5, 5.41) is 6.49. The summed E-state index contributed by atoms with van der Waals surface area (Å²) in [6, 6.07) is 0.215. The smallest absolute Gasteiger partial charge is 0.0589 e. The van der Waals surface area contributed by atoms with Crippen molar-refractivity contribution in [2.45, 2.75) is 13.0 Å².